The van der Waals surface area contributed by atoms with Gasteiger partial charge in [-0.2, -0.15) is 5.26 Å². The Hall–Kier alpha value is -1.41. The maximum absolute atomic E-state index is 9.85. The summed E-state index contributed by atoms with van der Waals surface area (Å²) in [6.07, 6.45) is 0.421. The molecule has 21 heavy (non-hydrogen) atoms. The fourth-order valence-corrected chi connectivity index (χ4v) is 3.16. The fraction of sp³-hybridized carbons (Fsp3) is 0.588. The third kappa shape index (κ3) is 3.82. The second-order valence-electron chi connectivity index (χ2n) is 5.86. The maximum Gasteiger partial charge on any atom is 0.145 e. The van der Waals surface area contributed by atoms with Gasteiger partial charge in [-0.1, -0.05) is 37.3 Å². The third-order valence-electron chi connectivity index (χ3n) is 3.89. The Balaban J connectivity index is 2.23. The Kier molecular flexibility index (Phi) is 5.35. The van der Waals surface area contributed by atoms with Gasteiger partial charge < -0.3 is 4.74 Å². The first-order chi connectivity index (χ1) is 10.1. The Morgan fingerprint density at radius 1 is 1.29 bits per heavy atom. The molecule has 4 nitrogen and oxygen atoms in total. The molecule has 0 spiro atoms. The van der Waals surface area contributed by atoms with E-state index in [1.165, 1.54) is 0 Å². The molecule has 1 aromatic rings. The number of nitrogens with one attached hydrogen (secondary N) is 1. The molecule has 0 aromatic heterocycles. The van der Waals surface area contributed by atoms with Crippen LogP contribution < -0.4 is 5.32 Å². The second-order valence-corrected chi connectivity index (χ2v) is 5.86. The molecule has 1 heterocycles. The lowest BCUT2D eigenvalue weighted by molar-refractivity contribution is -0.0723. The highest BCUT2D eigenvalue weighted by Crippen LogP contribution is 2.24. The van der Waals surface area contributed by atoms with Gasteiger partial charge in [0.2, 0.25) is 0 Å². The minimum Gasteiger partial charge on any atom is -0.373 e. The average Bonchev–Trinajstić information content (AvgIpc) is 2.46. The summed E-state index contributed by atoms with van der Waals surface area (Å²) in [5, 5.41) is 13.2. The SMILES string of the molecule is CCNC(C#N)(CN1C[C@@H](C)O[C@@H](C)C1)c1ccccc1. The molecule has 1 aliphatic heterocycles. The van der Waals surface area contributed by atoms with Crippen molar-refractivity contribution >= 4 is 0 Å². The Labute approximate surface area is 127 Å². The van der Waals surface area contributed by atoms with Crippen LogP contribution in [0.4, 0.5) is 0 Å². The van der Waals surface area contributed by atoms with Crippen LogP contribution in [-0.4, -0.2) is 43.3 Å². The second kappa shape index (κ2) is 7.04. The molecule has 1 aliphatic rings. The molecule has 1 saturated heterocycles. The van der Waals surface area contributed by atoms with Crippen LogP contribution in [-0.2, 0) is 10.3 Å². The molecule has 2 rings (SSSR count). The zero-order valence-corrected chi connectivity index (χ0v) is 13.2. The number of hydrogen-bond donors (Lipinski definition) is 1. The van der Waals surface area contributed by atoms with E-state index in [1.807, 2.05) is 37.3 Å². The van der Waals surface area contributed by atoms with Crippen molar-refractivity contribution in [1.82, 2.24) is 10.2 Å². The van der Waals surface area contributed by atoms with Gasteiger partial charge in [-0.25, -0.2) is 0 Å². The molecular formula is C17H25N3O. The molecule has 3 atom stereocenters. The van der Waals surface area contributed by atoms with E-state index in [1.54, 1.807) is 0 Å². The van der Waals surface area contributed by atoms with Crippen molar-refractivity contribution in [2.75, 3.05) is 26.2 Å². The van der Waals surface area contributed by atoms with Crippen LogP contribution in [0.3, 0.4) is 0 Å². The minimum absolute atomic E-state index is 0.211. The van der Waals surface area contributed by atoms with Crippen molar-refractivity contribution in [2.45, 2.75) is 38.5 Å². The number of nitrogens with zero attached hydrogens (tertiary/aromatic N) is 2. The molecule has 0 saturated carbocycles. The zero-order chi connectivity index (χ0) is 15.3. The van der Waals surface area contributed by atoms with E-state index < -0.39 is 5.54 Å². The molecule has 114 valence electrons. The molecule has 0 aliphatic carbocycles. The number of hydrogen-bond acceptors (Lipinski definition) is 4. The zero-order valence-electron chi connectivity index (χ0n) is 13.2. The predicted octanol–water partition coefficient (Wildman–Crippen LogP) is 2.12. The number of ether oxygens (including phenoxy) is 1. The van der Waals surface area contributed by atoms with Crippen LogP contribution in [0.15, 0.2) is 30.3 Å². The molecular weight excluding hydrogens is 262 g/mol. The maximum atomic E-state index is 9.85. The van der Waals surface area contributed by atoms with E-state index in [4.69, 9.17) is 4.74 Å². The third-order valence-corrected chi connectivity index (χ3v) is 3.89. The molecule has 0 bridgehead atoms. The van der Waals surface area contributed by atoms with Crippen LogP contribution in [0.5, 0.6) is 0 Å². The topological polar surface area (TPSA) is 48.3 Å². The van der Waals surface area contributed by atoms with E-state index in [9.17, 15) is 5.26 Å². The predicted molar refractivity (Wildman–Crippen MR) is 83.9 cm³/mol. The van der Waals surface area contributed by atoms with E-state index in [2.05, 4.69) is 30.1 Å². The Bertz CT molecular complexity index is 475. The number of likely N-dealkylation sites (N-methyl/N-ethyl adjacent to an activating group) is 1. The Morgan fingerprint density at radius 3 is 2.43 bits per heavy atom. The first kappa shape index (κ1) is 16.0. The lowest BCUT2D eigenvalue weighted by Crippen LogP contribution is -2.55. The summed E-state index contributed by atoms with van der Waals surface area (Å²) in [5.41, 5.74) is 0.369. The van der Waals surface area contributed by atoms with E-state index in [-0.39, 0.29) is 12.2 Å². The van der Waals surface area contributed by atoms with Crippen LogP contribution in [0.25, 0.3) is 0 Å². The van der Waals surface area contributed by atoms with Gasteiger partial charge in [0.25, 0.3) is 0 Å². The largest absolute Gasteiger partial charge is 0.373 e. The van der Waals surface area contributed by atoms with E-state index >= 15 is 0 Å². The molecule has 1 unspecified atom stereocenters. The molecule has 0 radical (unpaired) electrons. The number of nitriles is 1. The summed E-state index contributed by atoms with van der Waals surface area (Å²) in [5.74, 6) is 0. The summed E-state index contributed by atoms with van der Waals surface area (Å²) in [6.45, 7) is 9.40. The first-order valence-corrected chi connectivity index (χ1v) is 7.69. The highest BCUT2D eigenvalue weighted by molar-refractivity contribution is 5.32. The van der Waals surface area contributed by atoms with Crippen LogP contribution in [0.2, 0.25) is 0 Å². The summed E-state index contributed by atoms with van der Waals surface area (Å²) in [7, 11) is 0. The van der Waals surface area contributed by atoms with Gasteiger partial charge >= 0.3 is 0 Å². The molecule has 1 aromatic carbocycles. The van der Waals surface area contributed by atoms with E-state index in [0.717, 1.165) is 25.2 Å². The number of rotatable bonds is 5. The highest BCUT2D eigenvalue weighted by atomic mass is 16.5. The lowest BCUT2D eigenvalue weighted by atomic mass is 9.90. The minimum atomic E-state index is -0.660. The van der Waals surface area contributed by atoms with Crippen molar-refractivity contribution in [3.05, 3.63) is 35.9 Å². The van der Waals surface area contributed by atoms with Gasteiger partial charge in [0.15, 0.2) is 0 Å². The van der Waals surface area contributed by atoms with Crippen molar-refractivity contribution in [3.63, 3.8) is 0 Å². The summed E-state index contributed by atoms with van der Waals surface area (Å²) in [4.78, 5) is 2.33. The number of morpholine rings is 1. The van der Waals surface area contributed by atoms with Gasteiger partial charge in [-0.15, -0.1) is 0 Å². The van der Waals surface area contributed by atoms with Crippen molar-refractivity contribution < 1.29 is 4.74 Å². The molecule has 1 fully saturated rings. The van der Waals surface area contributed by atoms with Crippen LogP contribution >= 0.6 is 0 Å². The highest BCUT2D eigenvalue weighted by Gasteiger charge is 2.35. The van der Waals surface area contributed by atoms with Crippen molar-refractivity contribution in [2.24, 2.45) is 0 Å². The average molecular weight is 287 g/mol. The smallest absolute Gasteiger partial charge is 0.145 e. The Morgan fingerprint density at radius 2 is 1.90 bits per heavy atom. The van der Waals surface area contributed by atoms with Gasteiger partial charge in [0, 0.05) is 19.6 Å². The standard InChI is InChI=1S/C17H25N3O/c1-4-19-17(12-18,16-8-6-5-7-9-16)13-20-10-14(2)21-15(3)11-20/h5-9,14-15,19H,4,10-11,13H2,1-3H3/t14-,15+,17?. The molecule has 0 amide bonds. The van der Waals surface area contributed by atoms with Gasteiger partial charge in [0.05, 0.1) is 18.3 Å². The fourth-order valence-electron chi connectivity index (χ4n) is 3.16. The summed E-state index contributed by atoms with van der Waals surface area (Å²) >= 11 is 0. The van der Waals surface area contributed by atoms with Gasteiger partial charge in [-0.05, 0) is 26.0 Å². The van der Waals surface area contributed by atoms with Gasteiger partial charge in [0.1, 0.15) is 5.54 Å². The van der Waals surface area contributed by atoms with Crippen molar-refractivity contribution in [1.29, 1.82) is 5.26 Å². The summed E-state index contributed by atoms with van der Waals surface area (Å²) in [6, 6.07) is 12.5. The molecule has 1 N–H and O–H groups in total. The van der Waals surface area contributed by atoms with Crippen LogP contribution in [0, 0.1) is 11.3 Å². The summed E-state index contributed by atoms with van der Waals surface area (Å²) < 4.78 is 5.79. The quantitative estimate of drug-likeness (QED) is 0.901. The molecule has 4 heteroatoms. The lowest BCUT2D eigenvalue weighted by Gasteiger charge is -2.40. The number of benzene rings is 1. The monoisotopic (exact) mass is 287 g/mol. The normalized spacial score (nSPS) is 26.0. The van der Waals surface area contributed by atoms with Crippen LogP contribution in [0.1, 0.15) is 26.3 Å². The van der Waals surface area contributed by atoms with Crippen molar-refractivity contribution in [3.8, 4) is 6.07 Å². The first-order valence-electron chi connectivity index (χ1n) is 7.69. The van der Waals surface area contributed by atoms with E-state index in [0.29, 0.717) is 6.54 Å². The van der Waals surface area contributed by atoms with Gasteiger partial charge in [-0.3, -0.25) is 10.2 Å².